The van der Waals surface area contributed by atoms with Crippen LogP contribution in [0.4, 0.5) is 0 Å². The summed E-state index contributed by atoms with van der Waals surface area (Å²) in [7, 11) is 0. The molecule has 0 aliphatic carbocycles. The first kappa shape index (κ1) is 11.7. The van der Waals surface area contributed by atoms with Crippen molar-refractivity contribution in [3.8, 4) is 5.75 Å². The molecule has 4 heteroatoms. The summed E-state index contributed by atoms with van der Waals surface area (Å²) in [5.41, 5.74) is 0.288. The van der Waals surface area contributed by atoms with Crippen molar-refractivity contribution in [1.29, 1.82) is 0 Å². The summed E-state index contributed by atoms with van der Waals surface area (Å²) in [5.74, 6) is -0.533. The predicted molar refractivity (Wildman–Crippen MR) is 57.6 cm³/mol. The Kier molecular flexibility index (Phi) is 3.86. The van der Waals surface area contributed by atoms with Crippen LogP contribution in [-0.2, 0) is 4.79 Å². The monoisotopic (exact) mass is 226 g/mol. The largest absolute Gasteiger partial charge is 0.492 e. The van der Waals surface area contributed by atoms with Gasteiger partial charge in [0.2, 0.25) is 5.78 Å². The lowest BCUT2D eigenvalue weighted by molar-refractivity contribution is -0.113. The first-order chi connectivity index (χ1) is 7.06. The maximum atomic E-state index is 11.3. The second-order valence-electron chi connectivity index (χ2n) is 2.96. The van der Waals surface area contributed by atoms with Crippen LogP contribution in [0.2, 0.25) is 5.02 Å². The minimum atomic E-state index is -0.542. The molecule has 0 saturated carbocycles. The molecule has 80 valence electrons. The van der Waals surface area contributed by atoms with Gasteiger partial charge in [-0.1, -0.05) is 11.6 Å². The number of carbonyl (C=O) groups excluding carboxylic acids is 2. The molecule has 15 heavy (non-hydrogen) atoms. The lowest BCUT2D eigenvalue weighted by Gasteiger charge is -2.06. The Balaban J connectivity index is 3.01. The van der Waals surface area contributed by atoms with Gasteiger partial charge in [0.05, 0.1) is 11.6 Å². The number of hydrogen-bond acceptors (Lipinski definition) is 3. The summed E-state index contributed by atoms with van der Waals surface area (Å²) in [5, 5.41) is 0.337. The third-order valence-electron chi connectivity index (χ3n) is 1.81. The van der Waals surface area contributed by atoms with Crippen molar-refractivity contribution < 1.29 is 14.3 Å². The molecule has 1 aromatic rings. The zero-order valence-electron chi connectivity index (χ0n) is 8.54. The summed E-state index contributed by atoms with van der Waals surface area (Å²) in [6.07, 6.45) is 0. The molecule has 0 fully saturated rings. The lowest BCUT2D eigenvalue weighted by Crippen LogP contribution is -2.09. The van der Waals surface area contributed by atoms with Crippen LogP contribution in [-0.4, -0.2) is 18.2 Å². The first-order valence-corrected chi connectivity index (χ1v) is 4.91. The molecular formula is C11H11ClO3. The van der Waals surface area contributed by atoms with E-state index in [0.29, 0.717) is 17.4 Å². The number of Topliss-reactive ketones (excluding diaryl/α,β-unsaturated/α-hetero) is 2. The molecule has 0 saturated heterocycles. The molecular weight excluding hydrogens is 216 g/mol. The van der Waals surface area contributed by atoms with E-state index in [0.717, 1.165) is 0 Å². The summed E-state index contributed by atoms with van der Waals surface area (Å²) in [4.78, 5) is 22.2. The summed E-state index contributed by atoms with van der Waals surface area (Å²) in [6.45, 7) is 3.57. The highest BCUT2D eigenvalue weighted by Crippen LogP contribution is 2.25. The van der Waals surface area contributed by atoms with Gasteiger partial charge in [-0.25, -0.2) is 0 Å². The fourth-order valence-electron chi connectivity index (χ4n) is 1.12. The molecule has 1 aromatic carbocycles. The van der Waals surface area contributed by atoms with Crippen LogP contribution >= 0.6 is 11.6 Å². The second kappa shape index (κ2) is 4.94. The van der Waals surface area contributed by atoms with E-state index < -0.39 is 11.6 Å². The third-order valence-corrected chi connectivity index (χ3v) is 2.11. The SMILES string of the molecule is CCOc1ccc(C(=O)C(C)=O)cc1Cl. The minimum absolute atomic E-state index is 0.288. The summed E-state index contributed by atoms with van der Waals surface area (Å²) >= 11 is 5.87. The minimum Gasteiger partial charge on any atom is -0.492 e. The van der Waals surface area contributed by atoms with E-state index in [9.17, 15) is 9.59 Å². The number of ether oxygens (including phenoxy) is 1. The Morgan fingerprint density at radius 1 is 1.40 bits per heavy atom. The van der Waals surface area contributed by atoms with Gasteiger partial charge >= 0.3 is 0 Å². The number of benzene rings is 1. The Morgan fingerprint density at radius 2 is 2.07 bits per heavy atom. The standard InChI is InChI=1S/C11H11ClO3/c1-3-15-10-5-4-8(6-9(10)12)11(14)7(2)13/h4-6H,3H2,1-2H3. The second-order valence-corrected chi connectivity index (χ2v) is 3.37. The maximum absolute atomic E-state index is 11.3. The number of carbonyl (C=O) groups is 2. The average Bonchev–Trinajstić information content (AvgIpc) is 2.20. The first-order valence-electron chi connectivity index (χ1n) is 4.54. The van der Waals surface area contributed by atoms with Crippen LogP contribution in [0, 0.1) is 0 Å². The number of halogens is 1. The molecule has 0 spiro atoms. The van der Waals surface area contributed by atoms with Crippen molar-refractivity contribution >= 4 is 23.2 Å². The Hall–Kier alpha value is -1.35. The van der Waals surface area contributed by atoms with Crippen molar-refractivity contribution in [2.45, 2.75) is 13.8 Å². The summed E-state index contributed by atoms with van der Waals surface area (Å²) < 4.78 is 5.20. The molecule has 0 atom stereocenters. The highest BCUT2D eigenvalue weighted by molar-refractivity contribution is 6.43. The molecule has 0 amide bonds. The number of ketones is 2. The molecule has 0 radical (unpaired) electrons. The van der Waals surface area contributed by atoms with Crippen molar-refractivity contribution in [3.63, 3.8) is 0 Å². The highest BCUT2D eigenvalue weighted by atomic mass is 35.5. The van der Waals surface area contributed by atoms with Gasteiger partial charge in [-0.15, -0.1) is 0 Å². The van der Waals surface area contributed by atoms with Crippen LogP contribution in [0.5, 0.6) is 5.75 Å². The van der Waals surface area contributed by atoms with Gasteiger partial charge in [0, 0.05) is 12.5 Å². The fraction of sp³-hybridized carbons (Fsp3) is 0.273. The number of hydrogen-bond donors (Lipinski definition) is 0. The maximum Gasteiger partial charge on any atom is 0.228 e. The van der Waals surface area contributed by atoms with E-state index in [-0.39, 0.29) is 5.56 Å². The fourth-order valence-corrected chi connectivity index (χ4v) is 1.35. The van der Waals surface area contributed by atoms with E-state index in [1.165, 1.54) is 19.1 Å². The van der Waals surface area contributed by atoms with Crippen molar-refractivity contribution in [2.75, 3.05) is 6.61 Å². The zero-order chi connectivity index (χ0) is 11.4. The molecule has 0 heterocycles. The smallest absolute Gasteiger partial charge is 0.228 e. The number of rotatable bonds is 4. The predicted octanol–water partition coefficient (Wildman–Crippen LogP) is 2.51. The molecule has 0 aliphatic heterocycles. The summed E-state index contributed by atoms with van der Waals surface area (Å²) in [6, 6.07) is 4.55. The van der Waals surface area contributed by atoms with Gasteiger partial charge in [-0.3, -0.25) is 9.59 Å². The van der Waals surface area contributed by atoms with Gasteiger partial charge in [0.1, 0.15) is 5.75 Å². The van der Waals surface area contributed by atoms with Gasteiger partial charge < -0.3 is 4.74 Å². The normalized spacial score (nSPS) is 9.80. The zero-order valence-corrected chi connectivity index (χ0v) is 9.30. The van der Waals surface area contributed by atoms with E-state index in [4.69, 9.17) is 16.3 Å². The molecule has 0 N–H and O–H groups in total. The third kappa shape index (κ3) is 2.80. The van der Waals surface area contributed by atoms with Gasteiger partial charge in [0.25, 0.3) is 0 Å². The highest BCUT2D eigenvalue weighted by Gasteiger charge is 2.13. The molecule has 0 bridgehead atoms. The molecule has 0 aliphatic rings. The van der Waals surface area contributed by atoms with E-state index in [2.05, 4.69) is 0 Å². The van der Waals surface area contributed by atoms with Gasteiger partial charge in [-0.05, 0) is 25.1 Å². The van der Waals surface area contributed by atoms with E-state index in [1.807, 2.05) is 6.92 Å². The topological polar surface area (TPSA) is 43.4 Å². The van der Waals surface area contributed by atoms with Crippen LogP contribution in [0.15, 0.2) is 18.2 Å². The van der Waals surface area contributed by atoms with Crippen LogP contribution in [0.1, 0.15) is 24.2 Å². The molecule has 1 rings (SSSR count). The van der Waals surface area contributed by atoms with Gasteiger partial charge in [-0.2, -0.15) is 0 Å². The van der Waals surface area contributed by atoms with E-state index >= 15 is 0 Å². The van der Waals surface area contributed by atoms with Crippen molar-refractivity contribution in [2.24, 2.45) is 0 Å². The van der Waals surface area contributed by atoms with Crippen LogP contribution in [0.25, 0.3) is 0 Å². The molecule has 3 nitrogen and oxygen atoms in total. The Labute approximate surface area is 93.0 Å². The quantitative estimate of drug-likeness (QED) is 0.585. The molecule has 0 unspecified atom stereocenters. The average molecular weight is 227 g/mol. The van der Waals surface area contributed by atoms with Crippen LogP contribution in [0.3, 0.4) is 0 Å². The Bertz CT molecular complexity index is 399. The van der Waals surface area contributed by atoms with Crippen LogP contribution < -0.4 is 4.74 Å². The Morgan fingerprint density at radius 3 is 2.53 bits per heavy atom. The molecule has 0 aromatic heterocycles. The van der Waals surface area contributed by atoms with Gasteiger partial charge in [0.15, 0.2) is 5.78 Å². The lowest BCUT2D eigenvalue weighted by atomic mass is 10.1. The van der Waals surface area contributed by atoms with Crippen molar-refractivity contribution in [3.05, 3.63) is 28.8 Å². The van der Waals surface area contributed by atoms with Crippen molar-refractivity contribution in [1.82, 2.24) is 0 Å². The van der Waals surface area contributed by atoms with E-state index in [1.54, 1.807) is 6.07 Å².